The molecule has 0 saturated carbocycles. The van der Waals surface area contributed by atoms with Crippen molar-refractivity contribution in [3.63, 3.8) is 0 Å². The Morgan fingerprint density at radius 2 is 2.15 bits per heavy atom. The Kier molecular flexibility index (Phi) is 1.90. The summed E-state index contributed by atoms with van der Waals surface area (Å²) < 4.78 is 0. The largest absolute Gasteiger partial charge is 0.355 e. The van der Waals surface area contributed by atoms with E-state index in [-0.39, 0.29) is 0 Å². The highest BCUT2D eigenvalue weighted by Crippen LogP contribution is 2.25. The maximum Gasteiger partial charge on any atom is 0.167 e. The number of H-pyrrole nitrogens is 1. The maximum absolute atomic E-state index is 10.6. The van der Waals surface area contributed by atoms with Crippen molar-refractivity contribution in [1.82, 2.24) is 4.98 Å². The second kappa shape index (κ2) is 3.06. The first kappa shape index (κ1) is 8.06. The van der Waals surface area contributed by atoms with Gasteiger partial charge >= 0.3 is 0 Å². The summed E-state index contributed by atoms with van der Waals surface area (Å²) in [4.78, 5) is 13.6. The van der Waals surface area contributed by atoms with E-state index >= 15 is 0 Å². The molecule has 0 aliphatic heterocycles. The van der Waals surface area contributed by atoms with E-state index in [9.17, 15) is 4.79 Å². The predicted molar refractivity (Wildman–Crippen MR) is 47.5 cm³/mol. The molecule has 1 aliphatic rings. The van der Waals surface area contributed by atoms with Crippen LogP contribution in [0.5, 0.6) is 0 Å². The van der Waals surface area contributed by atoms with E-state index in [1.807, 2.05) is 0 Å². The van der Waals surface area contributed by atoms with Crippen LogP contribution in [0.2, 0.25) is 0 Å². The van der Waals surface area contributed by atoms with Gasteiger partial charge in [0.25, 0.3) is 0 Å². The average molecular weight is 174 g/mol. The molecule has 2 rings (SSSR count). The lowest BCUT2D eigenvalue weighted by Crippen LogP contribution is -2.01. The van der Waals surface area contributed by atoms with Crippen LogP contribution in [0.15, 0.2) is 0 Å². The molecule has 0 aromatic carbocycles. The molecule has 66 valence electrons. The number of hydrogen-bond donors (Lipinski definition) is 1. The van der Waals surface area contributed by atoms with Crippen LogP contribution in [0.25, 0.3) is 0 Å². The van der Waals surface area contributed by atoms with Gasteiger partial charge in [0.2, 0.25) is 0 Å². The van der Waals surface area contributed by atoms with Crippen LogP contribution in [0, 0.1) is 11.3 Å². The number of nitriles is 1. The molecule has 1 heterocycles. The number of aryl methyl sites for hydroxylation is 1. The number of carbonyl (C=O) groups excluding carboxylic acids is 1. The molecule has 0 amide bonds. The van der Waals surface area contributed by atoms with Crippen LogP contribution in [0.4, 0.5) is 0 Å². The zero-order chi connectivity index (χ0) is 9.26. The number of fused-ring (bicyclic) bond motifs is 1. The van der Waals surface area contributed by atoms with E-state index in [1.165, 1.54) is 0 Å². The number of carbonyl (C=O) groups is 1. The van der Waals surface area contributed by atoms with Crippen LogP contribution < -0.4 is 0 Å². The fourth-order valence-corrected chi connectivity index (χ4v) is 1.92. The second-order valence-corrected chi connectivity index (χ2v) is 3.31. The number of hydrogen-bond acceptors (Lipinski definition) is 2. The second-order valence-electron chi connectivity index (χ2n) is 3.31. The van der Waals surface area contributed by atoms with Crippen molar-refractivity contribution < 1.29 is 4.79 Å². The molecule has 0 atom stereocenters. The smallest absolute Gasteiger partial charge is 0.167 e. The lowest BCUT2D eigenvalue weighted by Gasteiger charge is -2.09. The quantitative estimate of drug-likeness (QED) is 0.657. The van der Waals surface area contributed by atoms with E-state index < -0.39 is 0 Å². The average Bonchev–Trinajstić information content (AvgIpc) is 2.55. The van der Waals surface area contributed by atoms with Crippen molar-refractivity contribution in [2.24, 2.45) is 0 Å². The molecule has 3 nitrogen and oxygen atoms in total. The molecule has 0 spiro atoms. The van der Waals surface area contributed by atoms with Gasteiger partial charge in [-0.3, -0.25) is 4.79 Å². The summed E-state index contributed by atoms with van der Waals surface area (Å²) >= 11 is 0. The summed E-state index contributed by atoms with van der Waals surface area (Å²) in [6.07, 6.45) is 4.91. The van der Waals surface area contributed by atoms with Crippen molar-refractivity contribution in [2.45, 2.75) is 25.7 Å². The van der Waals surface area contributed by atoms with Gasteiger partial charge in [-0.05, 0) is 31.2 Å². The van der Waals surface area contributed by atoms with Crippen molar-refractivity contribution in [1.29, 1.82) is 5.26 Å². The lowest BCUT2D eigenvalue weighted by atomic mass is 9.95. The summed E-state index contributed by atoms with van der Waals surface area (Å²) in [5.74, 6) is 0. The molecule has 1 aromatic rings. The minimum Gasteiger partial charge on any atom is -0.355 e. The topological polar surface area (TPSA) is 56.6 Å². The monoisotopic (exact) mass is 174 g/mol. The summed E-state index contributed by atoms with van der Waals surface area (Å²) in [5.41, 5.74) is 3.17. The molecule has 0 saturated heterocycles. The number of nitrogens with zero attached hydrogens (tertiary/aromatic N) is 1. The third-order valence-electron chi connectivity index (χ3n) is 2.55. The molecular weight excluding hydrogens is 164 g/mol. The third-order valence-corrected chi connectivity index (χ3v) is 2.55. The van der Waals surface area contributed by atoms with Gasteiger partial charge in [-0.25, -0.2) is 0 Å². The summed E-state index contributed by atoms with van der Waals surface area (Å²) in [6, 6.07) is 2.09. The van der Waals surface area contributed by atoms with Crippen molar-refractivity contribution in [3.8, 4) is 6.07 Å². The van der Waals surface area contributed by atoms with Gasteiger partial charge in [-0.1, -0.05) is 0 Å². The van der Waals surface area contributed by atoms with Crippen LogP contribution in [0.3, 0.4) is 0 Å². The number of rotatable bonds is 1. The fourth-order valence-electron chi connectivity index (χ4n) is 1.92. The number of aromatic amines is 1. The van der Waals surface area contributed by atoms with Crippen LogP contribution in [-0.4, -0.2) is 11.3 Å². The number of aldehydes is 1. The minimum absolute atomic E-state index is 0.453. The summed E-state index contributed by atoms with van der Waals surface area (Å²) in [5, 5.41) is 8.87. The Bertz CT molecular complexity index is 384. The normalized spacial score (nSPS) is 14.7. The first-order valence-electron chi connectivity index (χ1n) is 4.46. The molecule has 0 radical (unpaired) electrons. The molecule has 0 fully saturated rings. The third kappa shape index (κ3) is 1.15. The maximum atomic E-state index is 10.6. The molecule has 0 bridgehead atoms. The molecular formula is C10H10N2O. The van der Waals surface area contributed by atoms with E-state index in [1.54, 1.807) is 0 Å². The van der Waals surface area contributed by atoms with Gasteiger partial charge in [0.05, 0.1) is 11.3 Å². The summed E-state index contributed by atoms with van der Waals surface area (Å²) in [6.45, 7) is 0. The summed E-state index contributed by atoms with van der Waals surface area (Å²) in [7, 11) is 0. The Hall–Kier alpha value is -1.56. The van der Waals surface area contributed by atoms with E-state index in [2.05, 4.69) is 11.1 Å². The van der Waals surface area contributed by atoms with Gasteiger partial charge in [0.15, 0.2) is 6.29 Å². The Labute approximate surface area is 76.4 Å². The molecule has 3 heteroatoms. The van der Waals surface area contributed by atoms with Gasteiger partial charge in [-0.2, -0.15) is 5.26 Å². The van der Waals surface area contributed by atoms with E-state index in [0.717, 1.165) is 43.2 Å². The first-order valence-corrected chi connectivity index (χ1v) is 4.46. The Morgan fingerprint density at radius 1 is 1.38 bits per heavy atom. The zero-order valence-electron chi connectivity index (χ0n) is 7.26. The van der Waals surface area contributed by atoms with Crippen molar-refractivity contribution in [3.05, 3.63) is 22.5 Å². The Balaban J connectivity index is 2.58. The SMILES string of the molecule is N#Cc1c(C=O)[nH]c2c1CCCC2. The minimum atomic E-state index is 0.453. The van der Waals surface area contributed by atoms with Crippen LogP contribution >= 0.6 is 0 Å². The molecule has 13 heavy (non-hydrogen) atoms. The highest BCUT2D eigenvalue weighted by molar-refractivity contribution is 5.78. The van der Waals surface area contributed by atoms with Crippen LogP contribution in [0.1, 0.15) is 40.2 Å². The van der Waals surface area contributed by atoms with Crippen molar-refractivity contribution in [2.75, 3.05) is 0 Å². The van der Waals surface area contributed by atoms with E-state index in [4.69, 9.17) is 5.26 Å². The molecule has 1 aliphatic carbocycles. The number of aromatic nitrogens is 1. The fraction of sp³-hybridized carbons (Fsp3) is 0.400. The van der Waals surface area contributed by atoms with Gasteiger partial charge in [0.1, 0.15) is 6.07 Å². The van der Waals surface area contributed by atoms with Gasteiger partial charge in [0, 0.05) is 5.69 Å². The highest BCUT2D eigenvalue weighted by atomic mass is 16.1. The molecule has 1 aromatic heterocycles. The predicted octanol–water partition coefficient (Wildman–Crippen LogP) is 1.58. The highest BCUT2D eigenvalue weighted by Gasteiger charge is 2.18. The van der Waals surface area contributed by atoms with Gasteiger partial charge in [-0.15, -0.1) is 0 Å². The van der Waals surface area contributed by atoms with Gasteiger partial charge < -0.3 is 4.98 Å². The molecule has 0 unspecified atom stereocenters. The van der Waals surface area contributed by atoms with Crippen molar-refractivity contribution >= 4 is 6.29 Å². The standard InChI is InChI=1S/C10H10N2O/c11-5-8-7-3-1-2-4-9(7)12-10(8)6-13/h6,12H,1-4H2. The molecule has 1 N–H and O–H groups in total. The number of nitrogens with one attached hydrogen (secondary N) is 1. The first-order chi connectivity index (χ1) is 6.36. The van der Waals surface area contributed by atoms with E-state index in [0.29, 0.717) is 11.3 Å². The Morgan fingerprint density at radius 3 is 2.85 bits per heavy atom. The van der Waals surface area contributed by atoms with Crippen LogP contribution in [-0.2, 0) is 12.8 Å². The lowest BCUT2D eigenvalue weighted by molar-refractivity contribution is 0.111. The zero-order valence-corrected chi connectivity index (χ0v) is 7.26.